The van der Waals surface area contributed by atoms with Crippen molar-refractivity contribution in [3.63, 3.8) is 0 Å². The number of aliphatic hydroxyl groups is 1. The maximum absolute atomic E-state index is 15.0. The summed E-state index contributed by atoms with van der Waals surface area (Å²) in [4.78, 5) is 27.4. The summed E-state index contributed by atoms with van der Waals surface area (Å²) in [6.45, 7) is 1.60. The number of halogens is 1. The Morgan fingerprint density at radius 1 is 0.894 bits per heavy atom. The van der Waals surface area contributed by atoms with Gasteiger partial charge < -0.3 is 16.2 Å². The number of nitrogens with one attached hydrogen (secondary N) is 1. The normalized spacial score (nSPS) is 31.3. The number of unbranched alkanes of at least 4 members (excludes halogenated alkanes) is 12. The quantitative estimate of drug-likeness (QED) is 0.160. The largest absolute Gasteiger partial charge is 0.390 e. The van der Waals surface area contributed by atoms with E-state index in [1.54, 1.807) is 6.07 Å². The van der Waals surface area contributed by atoms with Crippen molar-refractivity contribution in [3.8, 4) is 0 Å². The lowest BCUT2D eigenvalue weighted by molar-refractivity contribution is -0.197. The molecule has 5 fully saturated rings. The van der Waals surface area contributed by atoms with Crippen molar-refractivity contribution in [2.24, 2.45) is 28.9 Å². The molecule has 4 N–H and O–H groups in total. The van der Waals surface area contributed by atoms with Gasteiger partial charge in [0.05, 0.1) is 23.8 Å². The molecular formula is C36H57FN4O5S. The van der Waals surface area contributed by atoms with Crippen LogP contribution in [0.15, 0.2) is 24.3 Å². The van der Waals surface area contributed by atoms with Gasteiger partial charge in [-0.3, -0.25) is 13.9 Å². The van der Waals surface area contributed by atoms with E-state index in [9.17, 15) is 23.1 Å². The maximum atomic E-state index is 15.0. The highest BCUT2D eigenvalue weighted by molar-refractivity contribution is 7.90. The van der Waals surface area contributed by atoms with E-state index in [0.717, 1.165) is 34.3 Å². The molecule has 2 amide bonds. The van der Waals surface area contributed by atoms with Gasteiger partial charge in [0.25, 0.3) is 0 Å². The smallest absolute Gasteiger partial charge is 0.306 e. The van der Waals surface area contributed by atoms with E-state index >= 15 is 4.39 Å². The number of amides is 2. The van der Waals surface area contributed by atoms with Crippen molar-refractivity contribution in [2.45, 2.75) is 141 Å². The van der Waals surface area contributed by atoms with E-state index in [1.165, 1.54) is 76.0 Å². The van der Waals surface area contributed by atoms with Crippen LogP contribution in [0.5, 0.6) is 0 Å². The number of nitrogens with zero attached hydrogens (tertiary/aromatic N) is 2. The van der Waals surface area contributed by atoms with Gasteiger partial charge in [-0.1, -0.05) is 96.1 Å². The fraction of sp³-hybridized carbons (Fsp3) is 0.778. The predicted molar refractivity (Wildman–Crippen MR) is 182 cm³/mol. The van der Waals surface area contributed by atoms with Crippen LogP contribution < -0.4 is 15.4 Å². The Labute approximate surface area is 281 Å². The lowest BCUT2D eigenvalue weighted by Gasteiger charge is -2.68. The summed E-state index contributed by atoms with van der Waals surface area (Å²) >= 11 is 0. The Morgan fingerprint density at radius 3 is 2.00 bits per heavy atom. The number of β-amino-alcohol motifs (C(OH)–C–C–N with tert-alkyl or cyclic N) is 1. The number of benzene rings is 1. The molecule has 4 atom stereocenters. The van der Waals surface area contributed by atoms with Gasteiger partial charge >= 0.3 is 10.2 Å². The lowest BCUT2D eigenvalue weighted by atomic mass is 9.44. The van der Waals surface area contributed by atoms with E-state index in [4.69, 9.17) is 5.73 Å². The van der Waals surface area contributed by atoms with Crippen LogP contribution in [0.1, 0.15) is 129 Å². The molecule has 47 heavy (non-hydrogen) atoms. The first-order chi connectivity index (χ1) is 22.5. The Morgan fingerprint density at radius 2 is 1.45 bits per heavy atom. The first kappa shape index (κ1) is 36.1. The van der Waals surface area contributed by atoms with Crippen LogP contribution in [0.25, 0.3) is 0 Å². The van der Waals surface area contributed by atoms with Crippen molar-refractivity contribution >= 4 is 27.7 Å². The fourth-order valence-electron chi connectivity index (χ4n) is 9.65. The summed E-state index contributed by atoms with van der Waals surface area (Å²) in [5, 5.41) is 14.2. The zero-order valence-electron chi connectivity index (χ0n) is 28.3. The fourth-order valence-corrected chi connectivity index (χ4v) is 11.7. The monoisotopic (exact) mass is 676 g/mol. The molecule has 4 aliphatic carbocycles. The highest BCUT2D eigenvalue weighted by Crippen LogP contribution is 2.66. The Hall–Kier alpha value is -2.24. The summed E-state index contributed by atoms with van der Waals surface area (Å²) in [7, 11) is -4.50. The molecule has 6 rings (SSSR count). The van der Waals surface area contributed by atoms with Crippen LogP contribution in [0.2, 0.25) is 0 Å². The van der Waals surface area contributed by atoms with Crippen LogP contribution >= 0.6 is 0 Å². The number of para-hydroxylation sites is 1. The number of rotatable bonds is 18. The minimum Gasteiger partial charge on any atom is -0.390 e. The van der Waals surface area contributed by atoms with Gasteiger partial charge in [-0.05, 0) is 68.4 Å². The number of primary amides is 1. The minimum atomic E-state index is -4.50. The summed E-state index contributed by atoms with van der Waals surface area (Å²) < 4.78 is 46.1. The predicted octanol–water partition coefficient (Wildman–Crippen LogP) is 6.16. The topological polar surface area (TPSA) is 133 Å². The van der Waals surface area contributed by atoms with Gasteiger partial charge in [-0.2, -0.15) is 12.7 Å². The van der Waals surface area contributed by atoms with E-state index in [1.807, 2.05) is 0 Å². The van der Waals surface area contributed by atoms with Crippen LogP contribution in [0, 0.1) is 29.0 Å². The van der Waals surface area contributed by atoms with Crippen LogP contribution in [0.4, 0.5) is 10.1 Å². The molecule has 5 aliphatic rings. The molecule has 1 saturated heterocycles. The van der Waals surface area contributed by atoms with Gasteiger partial charge in [-0.15, -0.1) is 0 Å². The molecule has 1 aromatic rings. The Balaban J connectivity index is 1.28. The van der Waals surface area contributed by atoms with Crippen LogP contribution in [-0.4, -0.2) is 54.5 Å². The number of aliphatic hydroxyl groups excluding tert-OH is 1. The molecule has 1 heterocycles. The van der Waals surface area contributed by atoms with Crippen LogP contribution in [-0.2, 0) is 19.8 Å². The summed E-state index contributed by atoms with van der Waals surface area (Å²) in [6, 6.07) is 5.56. The second-order valence-electron chi connectivity index (χ2n) is 15.0. The van der Waals surface area contributed by atoms with E-state index < -0.39 is 39.1 Å². The van der Waals surface area contributed by atoms with E-state index in [-0.39, 0.29) is 48.9 Å². The first-order valence-corrected chi connectivity index (χ1v) is 19.8. The number of hydrogen-bond donors (Lipinski definition) is 3. The van der Waals surface area contributed by atoms with Crippen molar-refractivity contribution in [1.29, 1.82) is 0 Å². The second-order valence-corrected chi connectivity index (χ2v) is 16.8. The summed E-state index contributed by atoms with van der Waals surface area (Å²) in [6.07, 6.45) is 17.5. The van der Waals surface area contributed by atoms with E-state index in [0.29, 0.717) is 32.1 Å². The lowest BCUT2D eigenvalue weighted by Crippen LogP contribution is -2.83. The van der Waals surface area contributed by atoms with Gasteiger partial charge in [0.2, 0.25) is 11.8 Å². The number of carbonyl (C=O) groups is 2. The number of nitrogens with two attached hydrogens (primary N) is 1. The average Bonchev–Trinajstić information content (AvgIpc) is 3.02. The third-order valence-electron chi connectivity index (χ3n) is 11.6. The molecule has 1 aromatic carbocycles. The van der Waals surface area contributed by atoms with Crippen molar-refractivity contribution in [2.75, 3.05) is 17.4 Å². The van der Waals surface area contributed by atoms with Gasteiger partial charge in [0, 0.05) is 13.0 Å². The highest BCUT2D eigenvalue weighted by Gasteiger charge is 2.73. The Bertz CT molecular complexity index is 1330. The van der Waals surface area contributed by atoms with Gasteiger partial charge in [0.1, 0.15) is 11.5 Å². The highest BCUT2D eigenvalue weighted by atomic mass is 32.2. The number of hydrogen-bond acceptors (Lipinski definition) is 5. The third-order valence-corrected chi connectivity index (χ3v) is 13.5. The summed E-state index contributed by atoms with van der Waals surface area (Å²) in [5.41, 5.74) is 3.09. The second kappa shape index (κ2) is 15.5. The molecule has 264 valence electrons. The zero-order valence-corrected chi connectivity index (χ0v) is 29.1. The standard InChI is InChI=1S/C36H57FN4O5S/c1-2-3-4-5-6-7-8-9-10-11-12-13-14-19-33(43)39-36(29-21-27-20-28(22-29)24-35(36,23-27)34(38)44)41-26-30(42)25-40(47(41,45)46)32-18-16-15-17-31(32)37/h15-18,27-30,42H,2-14,19-26H2,1H3,(H2,38,44)(H,39,43)/t27?,28?,29?,30-,35?,36?/m0/s1. The molecule has 4 bridgehead atoms. The molecule has 0 radical (unpaired) electrons. The van der Waals surface area contributed by atoms with Gasteiger partial charge in [0.15, 0.2) is 0 Å². The molecule has 4 saturated carbocycles. The zero-order chi connectivity index (χ0) is 33.7. The van der Waals surface area contributed by atoms with Crippen LogP contribution in [0.3, 0.4) is 0 Å². The molecule has 3 unspecified atom stereocenters. The molecular weight excluding hydrogens is 619 g/mol. The Kier molecular flexibility index (Phi) is 11.9. The minimum absolute atomic E-state index is 0.179. The third kappa shape index (κ3) is 7.37. The van der Waals surface area contributed by atoms with E-state index in [2.05, 4.69) is 12.2 Å². The van der Waals surface area contributed by atoms with Gasteiger partial charge in [-0.25, -0.2) is 4.39 Å². The molecule has 0 aromatic heterocycles. The van der Waals surface area contributed by atoms with Crippen molar-refractivity contribution < 1.29 is 27.5 Å². The first-order valence-electron chi connectivity index (χ1n) is 18.4. The number of carbonyl (C=O) groups excluding carboxylic acids is 2. The maximum Gasteiger partial charge on any atom is 0.306 e. The summed E-state index contributed by atoms with van der Waals surface area (Å²) in [5.74, 6) is -1.59. The molecule has 9 nitrogen and oxygen atoms in total. The molecule has 0 spiro atoms. The van der Waals surface area contributed by atoms with Crippen molar-refractivity contribution in [3.05, 3.63) is 30.1 Å². The molecule has 11 heteroatoms. The van der Waals surface area contributed by atoms with Crippen molar-refractivity contribution in [1.82, 2.24) is 9.62 Å². The average molecular weight is 677 g/mol. The molecule has 1 aliphatic heterocycles. The SMILES string of the molecule is CCCCCCCCCCCCCCCC(=O)NC1(N2C[C@@H](O)CN(c3ccccc3F)S2(=O)=O)C2CC3CC(C2)CC1(C(N)=O)C3. The number of anilines is 1.